The standard InChI is InChI=1S/C14H26F3NO/c1-4-18-11-6-8-13(2,3)10-12(11)19-9-5-7-14(15,16)17/h11-12,18H,4-10H2,1-3H3. The summed E-state index contributed by atoms with van der Waals surface area (Å²) in [7, 11) is 0. The first-order valence-corrected chi connectivity index (χ1v) is 7.15. The average molecular weight is 281 g/mol. The molecule has 1 fully saturated rings. The van der Waals surface area contributed by atoms with Crippen LogP contribution in [0.15, 0.2) is 0 Å². The molecule has 0 bridgehead atoms. The van der Waals surface area contributed by atoms with E-state index in [4.69, 9.17) is 4.74 Å². The van der Waals surface area contributed by atoms with Crippen molar-refractivity contribution >= 4 is 0 Å². The SMILES string of the molecule is CCNC1CCC(C)(C)CC1OCCCC(F)(F)F. The van der Waals surface area contributed by atoms with Crippen LogP contribution in [0.3, 0.4) is 0 Å². The molecule has 1 saturated carbocycles. The third kappa shape index (κ3) is 6.61. The monoisotopic (exact) mass is 281 g/mol. The molecule has 19 heavy (non-hydrogen) atoms. The van der Waals surface area contributed by atoms with E-state index in [-0.39, 0.29) is 30.6 Å². The van der Waals surface area contributed by atoms with Crippen LogP contribution in [0, 0.1) is 5.41 Å². The summed E-state index contributed by atoms with van der Waals surface area (Å²) >= 11 is 0. The minimum absolute atomic E-state index is 0.0388. The first-order valence-electron chi connectivity index (χ1n) is 7.15. The minimum Gasteiger partial charge on any atom is -0.377 e. The van der Waals surface area contributed by atoms with Crippen molar-refractivity contribution in [3.63, 3.8) is 0 Å². The van der Waals surface area contributed by atoms with Crippen LogP contribution in [0.1, 0.15) is 52.9 Å². The molecular weight excluding hydrogens is 255 g/mol. The number of nitrogens with one attached hydrogen (secondary N) is 1. The Balaban J connectivity index is 2.37. The smallest absolute Gasteiger partial charge is 0.377 e. The van der Waals surface area contributed by atoms with Gasteiger partial charge in [-0.3, -0.25) is 0 Å². The zero-order valence-electron chi connectivity index (χ0n) is 12.1. The number of alkyl halides is 3. The van der Waals surface area contributed by atoms with E-state index >= 15 is 0 Å². The summed E-state index contributed by atoms with van der Waals surface area (Å²) < 4.78 is 41.9. The van der Waals surface area contributed by atoms with Crippen LogP contribution in [0.5, 0.6) is 0 Å². The highest BCUT2D eigenvalue weighted by molar-refractivity contribution is 4.89. The molecule has 5 heteroatoms. The van der Waals surface area contributed by atoms with Gasteiger partial charge in [-0.2, -0.15) is 13.2 Å². The number of likely N-dealkylation sites (N-methyl/N-ethyl adjacent to an activating group) is 1. The number of hydrogen-bond acceptors (Lipinski definition) is 2. The third-order valence-electron chi connectivity index (χ3n) is 3.74. The molecule has 0 amide bonds. The van der Waals surface area contributed by atoms with Gasteiger partial charge in [0.1, 0.15) is 0 Å². The molecule has 0 saturated heterocycles. The lowest BCUT2D eigenvalue weighted by Gasteiger charge is -2.41. The fourth-order valence-electron chi connectivity index (χ4n) is 2.70. The van der Waals surface area contributed by atoms with Gasteiger partial charge in [-0.15, -0.1) is 0 Å². The zero-order valence-corrected chi connectivity index (χ0v) is 12.1. The van der Waals surface area contributed by atoms with Crippen LogP contribution in [-0.4, -0.2) is 31.5 Å². The van der Waals surface area contributed by atoms with Crippen molar-refractivity contribution in [3.8, 4) is 0 Å². The van der Waals surface area contributed by atoms with E-state index in [1.807, 2.05) is 6.92 Å². The Bertz CT molecular complexity index is 266. The van der Waals surface area contributed by atoms with E-state index in [0.717, 1.165) is 25.8 Å². The quantitative estimate of drug-likeness (QED) is 0.745. The maximum Gasteiger partial charge on any atom is 0.389 e. The molecule has 1 aliphatic carbocycles. The molecule has 0 spiro atoms. The van der Waals surface area contributed by atoms with E-state index in [9.17, 15) is 13.2 Å². The second kappa shape index (κ2) is 6.93. The largest absolute Gasteiger partial charge is 0.389 e. The van der Waals surface area contributed by atoms with Crippen LogP contribution in [0.25, 0.3) is 0 Å². The van der Waals surface area contributed by atoms with Crippen LogP contribution >= 0.6 is 0 Å². The summed E-state index contributed by atoms with van der Waals surface area (Å²) in [6, 6.07) is 0.281. The van der Waals surface area contributed by atoms with Crippen LogP contribution in [-0.2, 0) is 4.74 Å². The molecule has 0 heterocycles. The Morgan fingerprint density at radius 1 is 1.32 bits per heavy atom. The van der Waals surface area contributed by atoms with E-state index in [1.165, 1.54) is 0 Å². The van der Waals surface area contributed by atoms with E-state index in [1.54, 1.807) is 0 Å². The Morgan fingerprint density at radius 3 is 2.58 bits per heavy atom. The Morgan fingerprint density at radius 2 is 2.00 bits per heavy atom. The lowest BCUT2D eigenvalue weighted by atomic mass is 9.74. The van der Waals surface area contributed by atoms with Gasteiger partial charge in [0, 0.05) is 19.1 Å². The van der Waals surface area contributed by atoms with E-state index in [2.05, 4.69) is 19.2 Å². The van der Waals surface area contributed by atoms with Crippen molar-refractivity contribution in [1.82, 2.24) is 5.32 Å². The normalized spacial score (nSPS) is 27.5. The van der Waals surface area contributed by atoms with Gasteiger partial charge >= 0.3 is 6.18 Å². The maximum atomic E-state index is 12.1. The van der Waals surface area contributed by atoms with E-state index < -0.39 is 12.6 Å². The number of halogens is 3. The molecule has 0 radical (unpaired) electrons. The second-order valence-corrected chi connectivity index (χ2v) is 6.20. The van der Waals surface area contributed by atoms with Crippen LogP contribution < -0.4 is 5.32 Å². The summed E-state index contributed by atoms with van der Waals surface area (Å²) in [6.07, 6.45) is -1.66. The molecule has 0 aromatic carbocycles. The molecule has 2 atom stereocenters. The Kier molecular flexibility index (Phi) is 6.12. The van der Waals surface area contributed by atoms with Crippen molar-refractivity contribution < 1.29 is 17.9 Å². The predicted molar refractivity (Wildman–Crippen MR) is 70.1 cm³/mol. The fourth-order valence-corrected chi connectivity index (χ4v) is 2.70. The average Bonchev–Trinajstić information content (AvgIpc) is 2.26. The number of rotatable bonds is 6. The molecule has 0 aromatic heterocycles. The topological polar surface area (TPSA) is 21.3 Å². The van der Waals surface area contributed by atoms with Crippen LogP contribution in [0.4, 0.5) is 13.2 Å². The van der Waals surface area contributed by atoms with Gasteiger partial charge < -0.3 is 10.1 Å². The number of hydrogen-bond donors (Lipinski definition) is 1. The highest BCUT2D eigenvalue weighted by Gasteiger charge is 2.35. The van der Waals surface area contributed by atoms with Gasteiger partial charge in [0.2, 0.25) is 0 Å². The first-order chi connectivity index (χ1) is 8.73. The van der Waals surface area contributed by atoms with Gasteiger partial charge in [-0.05, 0) is 37.6 Å². The second-order valence-electron chi connectivity index (χ2n) is 6.20. The molecule has 1 aliphatic rings. The van der Waals surface area contributed by atoms with Gasteiger partial charge in [0.15, 0.2) is 0 Å². The molecule has 1 N–H and O–H groups in total. The summed E-state index contributed by atoms with van der Waals surface area (Å²) in [6.45, 7) is 7.50. The zero-order chi connectivity index (χ0) is 14.5. The summed E-state index contributed by atoms with van der Waals surface area (Å²) in [5.74, 6) is 0. The molecule has 0 aromatic rings. The van der Waals surface area contributed by atoms with Gasteiger partial charge in [0.05, 0.1) is 6.10 Å². The molecule has 2 unspecified atom stereocenters. The van der Waals surface area contributed by atoms with Gasteiger partial charge in [-0.1, -0.05) is 20.8 Å². The minimum atomic E-state index is -4.07. The lowest BCUT2D eigenvalue weighted by molar-refractivity contribution is -0.140. The first kappa shape index (κ1) is 16.8. The molecule has 1 rings (SSSR count). The highest BCUT2D eigenvalue weighted by atomic mass is 19.4. The predicted octanol–water partition coefficient (Wildman–Crippen LogP) is 3.90. The Hall–Kier alpha value is -0.290. The molecular formula is C14H26F3NO. The van der Waals surface area contributed by atoms with Gasteiger partial charge in [0.25, 0.3) is 0 Å². The van der Waals surface area contributed by atoms with Crippen molar-refractivity contribution in [3.05, 3.63) is 0 Å². The van der Waals surface area contributed by atoms with Gasteiger partial charge in [-0.25, -0.2) is 0 Å². The molecule has 0 aliphatic heterocycles. The summed E-state index contributed by atoms with van der Waals surface area (Å²) in [5, 5.41) is 3.38. The highest BCUT2D eigenvalue weighted by Crippen LogP contribution is 2.36. The molecule has 2 nitrogen and oxygen atoms in total. The maximum absolute atomic E-state index is 12.1. The fraction of sp³-hybridized carbons (Fsp3) is 1.00. The third-order valence-corrected chi connectivity index (χ3v) is 3.74. The summed E-state index contributed by atoms with van der Waals surface area (Å²) in [4.78, 5) is 0. The van der Waals surface area contributed by atoms with Crippen molar-refractivity contribution in [2.24, 2.45) is 5.41 Å². The summed E-state index contributed by atoms with van der Waals surface area (Å²) in [5.41, 5.74) is 0.223. The molecule has 114 valence electrons. The van der Waals surface area contributed by atoms with Crippen molar-refractivity contribution in [2.75, 3.05) is 13.2 Å². The lowest BCUT2D eigenvalue weighted by Crippen LogP contribution is -2.47. The van der Waals surface area contributed by atoms with Crippen molar-refractivity contribution in [1.29, 1.82) is 0 Å². The van der Waals surface area contributed by atoms with Crippen molar-refractivity contribution in [2.45, 2.75) is 71.2 Å². The number of ether oxygens (including phenoxy) is 1. The van der Waals surface area contributed by atoms with Crippen LogP contribution in [0.2, 0.25) is 0 Å². The Labute approximate surface area is 114 Å². The van der Waals surface area contributed by atoms with E-state index in [0.29, 0.717) is 0 Å².